The second kappa shape index (κ2) is 6.81. The lowest BCUT2D eigenvalue weighted by Crippen LogP contribution is -2.46. The maximum Gasteiger partial charge on any atom is 0.308 e. The summed E-state index contributed by atoms with van der Waals surface area (Å²) in [6, 6.07) is 3.43. The fourth-order valence-corrected chi connectivity index (χ4v) is 2.20. The van der Waals surface area contributed by atoms with Crippen LogP contribution in [0.25, 0.3) is 0 Å². The molecule has 1 aromatic heterocycles. The molecule has 1 atom stereocenters. The molecule has 1 aliphatic rings. The average molecular weight is 343 g/mol. The summed E-state index contributed by atoms with van der Waals surface area (Å²) in [7, 11) is 1.33. The summed E-state index contributed by atoms with van der Waals surface area (Å²) in [6.45, 7) is 1.27. The van der Waals surface area contributed by atoms with Crippen LogP contribution in [-0.2, 0) is 14.3 Å². The molecule has 6 nitrogen and oxygen atoms in total. The number of carbonyl (C=O) groups excluding carboxylic acids is 2. The highest BCUT2D eigenvalue weighted by atomic mass is 79.9. The fraction of sp³-hybridized carbons (Fsp3) is 0.462. The van der Waals surface area contributed by atoms with Gasteiger partial charge in [0.05, 0.1) is 26.2 Å². The van der Waals surface area contributed by atoms with Gasteiger partial charge in [0.1, 0.15) is 5.69 Å². The standard InChI is InChI=1S/C13H15BrN2O4/c1-19-12(17)6-10-8-16(4-5-20-10)13(18)11-3-2-9(14)7-15-11/h2-3,7,10H,4-6,8H2,1H3. The maximum atomic E-state index is 12.3. The third kappa shape index (κ3) is 3.77. The number of nitrogens with zero attached hydrogens (tertiary/aromatic N) is 2. The van der Waals surface area contributed by atoms with Gasteiger partial charge in [0, 0.05) is 23.8 Å². The zero-order valence-electron chi connectivity index (χ0n) is 11.0. The number of carbonyl (C=O) groups is 2. The average Bonchev–Trinajstić information content (AvgIpc) is 2.47. The Bertz CT molecular complexity index is 492. The summed E-state index contributed by atoms with van der Waals surface area (Å²) in [5.74, 6) is -0.498. The van der Waals surface area contributed by atoms with Crippen LogP contribution in [0.1, 0.15) is 16.9 Å². The van der Waals surface area contributed by atoms with Crippen molar-refractivity contribution in [2.75, 3.05) is 26.8 Å². The van der Waals surface area contributed by atoms with Gasteiger partial charge in [0.15, 0.2) is 0 Å². The number of morpholine rings is 1. The molecule has 108 valence electrons. The van der Waals surface area contributed by atoms with Crippen LogP contribution >= 0.6 is 15.9 Å². The molecule has 0 spiro atoms. The zero-order chi connectivity index (χ0) is 14.5. The largest absolute Gasteiger partial charge is 0.469 e. The van der Waals surface area contributed by atoms with E-state index in [9.17, 15) is 9.59 Å². The van der Waals surface area contributed by atoms with Gasteiger partial charge in [0.25, 0.3) is 5.91 Å². The van der Waals surface area contributed by atoms with Crippen molar-refractivity contribution in [2.24, 2.45) is 0 Å². The molecule has 1 unspecified atom stereocenters. The first-order chi connectivity index (χ1) is 9.60. The molecule has 1 fully saturated rings. The Morgan fingerprint density at radius 3 is 3.00 bits per heavy atom. The molecular weight excluding hydrogens is 328 g/mol. The van der Waals surface area contributed by atoms with Crippen molar-refractivity contribution < 1.29 is 19.1 Å². The van der Waals surface area contributed by atoms with E-state index in [0.29, 0.717) is 25.4 Å². The molecule has 0 aliphatic carbocycles. The van der Waals surface area contributed by atoms with Gasteiger partial charge in [-0.2, -0.15) is 0 Å². The van der Waals surface area contributed by atoms with E-state index in [1.165, 1.54) is 7.11 Å². The summed E-state index contributed by atoms with van der Waals surface area (Å²) >= 11 is 3.28. The number of ether oxygens (including phenoxy) is 2. The number of amides is 1. The van der Waals surface area contributed by atoms with Crippen LogP contribution < -0.4 is 0 Å². The molecule has 0 N–H and O–H groups in total. The zero-order valence-corrected chi connectivity index (χ0v) is 12.6. The Hall–Kier alpha value is -1.47. The Labute approximate surface area is 125 Å². The molecule has 1 amide bonds. The molecule has 1 aromatic rings. The van der Waals surface area contributed by atoms with Crippen molar-refractivity contribution in [3.8, 4) is 0 Å². The number of methoxy groups -OCH3 is 1. The lowest BCUT2D eigenvalue weighted by atomic mass is 10.2. The summed E-state index contributed by atoms with van der Waals surface area (Å²) in [5.41, 5.74) is 0.381. The lowest BCUT2D eigenvalue weighted by molar-refractivity contribution is -0.145. The molecule has 7 heteroatoms. The molecule has 0 bridgehead atoms. The lowest BCUT2D eigenvalue weighted by Gasteiger charge is -2.32. The molecule has 1 aliphatic heterocycles. The normalized spacial score (nSPS) is 18.7. The number of pyridine rings is 1. The van der Waals surface area contributed by atoms with Crippen LogP contribution in [0.2, 0.25) is 0 Å². The molecule has 1 saturated heterocycles. The fourth-order valence-electron chi connectivity index (χ4n) is 1.96. The van der Waals surface area contributed by atoms with Crippen molar-refractivity contribution >= 4 is 27.8 Å². The van der Waals surface area contributed by atoms with Crippen LogP contribution in [0, 0.1) is 0 Å². The van der Waals surface area contributed by atoms with Crippen molar-refractivity contribution in [3.05, 3.63) is 28.5 Å². The third-order valence-corrected chi connectivity index (χ3v) is 3.46. The van der Waals surface area contributed by atoms with Gasteiger partial charge in [-0.05, 0) is 28.1 Å². The van der Waals surface area contributed by atoms with Crippen molar-refractivity contribution in [2.45, 2.75) is 12.5 Å². The minimum Gasteiger partial charge on any atom is -0.469 e. The summed E-state index contributed by atoms with van der Waals surface area (Å²) in [4.78, 5) is 29.3. The summed E-state index contributed by atoms with van der Waals surface area (Å²) in [5, 5.41) is 0. The van der Waals surface area contributed by atoms with Gasteiger partial charge in [-0.15, -0.1) is 0 Å². The van der Waals surface area contributed by atoms with Gasteiger partial charge < -0.3 is 14.4 Å². The van der Waals surface area contributed by atoms with Crippen LogP contribution in [0.15, 0.2) is 22.8 Å². The number of hydrogen-bond donors (Lipinski definition) is 0. The van der Waals surface area contributed by atoms with Crippen LogP contribution in [0.5, 0.6) is 0 Å². The molecule has 2 heterocycles. The Morgan fingerprint density at radius 2 is 2.35 bits per heavy atom. The molecular formula is C13H15BrN2O4. The van der Waals surface area contributed by atoms with E-state index in [-0.39, 0.29) is 24.4 Å². The van der Waals surface area contributed by atoms with Crippen molar-refractivity contribution in [1.82, 2.24) is 9.88 Å². The number of rotatable bonds is 3. The highest BCUT2D eigenvalue weighted by Gasteiger charge is 2.27. The van der Waals surface area contributed by atoms with E-state index in [1.807, 2.05) is 0 Å². The number of halogens is 1. The van der Waals surface area contributed by atoms with Crippen molar-refractivity contribution in [1.29, 1.82) is 0 Å². The topological polar surface area (TPSA) is 68.7 Å². The van der Waals surface area contributed by atoms with E-state index in [2.05, 4.69) is 25.7 Å². The van der Waals surface area contributed by atoms with Crippen LogP contribution in [-0.4, -0.2) is 54.7 Å². The predicted octanol–water partition coefficient (Wildman–Crippen LogP) is 1.25. The molecule has 2 rings (SSSR count). The first-order valence-corrected chi connectivity index (χ1v) is 6.98. The second-order valence-corrected chi connectivity index (χ2v) is 5.30. The first-order valence-electron chi connectivity index (χ1n) is 6.19. The molecule has 0 aromatic carbocycles. The van der Waals surface area contributed by atoms with Gasteiger partial charge in [-0.25, -0.2) is 4.98 Å². The second-order valence-electron chi connectivity index (χ2n) is 4.39. The Balaban J connectivity index is 1.99. The third-order valence-electron chi connectivity index (χ3n) is 2.99. The van der Waals surface area contributed by atoms with Crippen LogP contribution in [0.4, 0.5) is 0 Å². The van der Waals surface area contributed by atoms with E-state index in [0.717, 1.165) is 4.47 Å². The number of esters is 1. The van der Waals surface area contributed by atoms with Gasteiger partial charge >= 0.3 is 5.97 Å². The van der Waals surface area contributed by atoms with Crippen LogP contribution in [0.3, 0.4) is 0 Å². The highest BCUT2D eigenvalue weighted by molar-refractivity contribution is 9.10. The molecule has 0 radical (unpaired) electrons. The molecule has 20 heavy (non-hydrogen) atoms. The number of hydrogen-bond acceptors (Lipinski definition) is 5. The van der Waals surface area contributed by atoms with Gasteiger partial charge in [-0.1, -0.05) is 0 Å². The summed E-state index contributed by atoms with van der Waals surface area (Å²) in [6.07, 6.45) is 1.41. The molecule has 0 saturated carbocycles. The Morgan fingerprint density at radius 1 is 1.55 bits per heavy atom. The van der Waals surface area contributed by atoms with Crippen molar-refractivity contribution in [3.63, 3.8) is 0 Å². The number of aromatic nitrogens is 1. The van der Waals surface area contributed by atoms with E-state index in [1.54, 1.807) is 23.2 Å². The van der Waals surface area contributed by atoms with Gasteiger partial charge in [0.2, 0.25) is 0 Å². The Kier molecular flexibility index (Phi) is 5.08. The SMILES string of the molecule is COC(=O)CC1CN(C(=O)c2ccc(Br)cn2)CCO1. The summed E-state index contributed by atoms with van der Waals surface area (Å²) < 4.78 is 10.9. The van der Waals surface area contributed by atoms with E-state index in [4.69, 9.17) is 4.74 Å². The van der Waals surface area contributed by atoms with E-state index >= 15 is 0 Å². The predicted molar refractivity (Wildman–Crippen MR) is 74.2 cm³/mol. The minimum absolute atomic E-state index is 0.147. The van der Waals surface area contributed by atoms with Gasteiger partial charge in [-0.3, -0.25) is 9.59 Å². The minimum atomic E-state index is -0.342. The smallest absolute Gasteiger partial charge is 0.308 e. The highest BCUT2D eigenvalue weighted by Crippen LogP contribution is 2.14. The quantitative estimate of drug-likeness (QED) is 0.773. The first kappa shape index (κ1) is 14.9. The maximum absolute atomic E-state index is 12.3. The monoisotopic (exact) mass is 342 g/mol. The van der Waals surface area contributed by atoms with E-state index < -0.39 is 0 Å².